The van der Waals surface area contributed by atoms with Crippen molar-refractivity contribution in [3.8, 4) is 5.75 Å². The maximum absolute atomic E-state index is 13.7. The number of rotatable bonds is 5. The summed E-state index contributed by atoms with van der Waals surface area (Å²) in [5.74, 6) is -7.80. The number of carbonyl (C=O) groups excluding carboxylic acids is 1. The van der Waals surface area contributed by atoms with E-state index in [1.165, 1.54) is 17.2 Å². The Morgan fingerprint density at radius 2 is 1.76 bits per heavy atom. The Bertz CT molecular complexity index is 1060. The Kier molecular flexibility index (Phi) is 5.88. The molecule has 3 aromatic rings. The van der Waals surface area contributed by atoms with Crippen LogP contribution in [0.15, 0.2) is 29.6 Å². The average molecular weight is 424 g/mol. The van der Waals surface area contributed by atoms with E-state index < -0.39 is 35.6 Å². The minimum absolute atomic E-state index is 0.104. The molecule has 29 heavy (non-hydrogen) atoms. The van der Waals surface area contributed by atoms with Crippen molar-refractivity contribution in [2.45, 2.75) is 27.4 Å². The van der Waals surface area contributed by atoms with Crippen LogP contribution >= 0.6 is 11.3 Å². The molecule has 0 spiro atoms. The number of ether oxygens (including phenoxy) is 1. The maximum Gasteiger partial charge on any atom is 0.230 e. The summed E-state index contributed by atoms with van der Waals surface area (Å²) in [5.41, 5.74) is 2.79. The normalized spacial score (nSPS) is 10.9. The number of nitrogens with zero attached hydrogens (tertiary/aromatic N) is 2. The van der Waals surface area contributed by atoms with Gasteiger partial charge in [0.05, 0.1) is 11.4 Å². The number of anilines is 2. The highest BCUT2D eigenvalue weighted by Gasteiger charge is 2.22. The molecule has 1 aromatic heterocycles. The molecule has 3 rings (SSSR count). The number of thiazole rings is 1. The number of halogens is 4. The molecule has 2 aromatic carbocycles. The molecule has 0 radical (unpaired) electrons. The van der Waals surface area contributed by atoms with Crippen LogP contribution in [0.25, 0.3) is 0 Å². The molecule has 0 aliphatic carbocycles. The first-order valence-corrected chi connectivity index (χ1v) is 9.35. The van der Waals surface area contributed by atoms with E-state index in [1.807, 2.05) is 26.0 Å². The smallest absolute Gasteiger partial charge is 0.230 e. The molecule has 0 fully saturated rings. The zero-order valence-electron chi connectivity index (χ0n) is 15.7. The van der Waals surface area contributed by atoms with Crippen LogP contribution < -0.4 is 9.64 Å². The summed E-state index contributed by atoms with van der Waals surface area (Å²) in [4.78, 5) is 17.9. The molecule has 0 saturated heterocycles. The molecule has 1 amide bonds. The summed E-state index contributed by atoms with van der Waals surface area (Å²) in [5, 5.41) is 1.86. The van der Waals surface area contributed by atoms with Crippen molar-refractivity contribution >= 4 is 28.1 Å². The van der Waals surface area contributed by atoms with Crippen LogP contribution in [-0.2, 0) is 11.4 Å². The lowest BCUT2D eigenvalue weighted by Gasteiger charge is -2.20. The molecule has 0 atom stereocenters. The first kappa shape index (κ1) is 20.8. The van der Waals surface area contributed by atoms with Gasteiger partial charge in [-0.05, 0) is 25.5 Å². The van der Waals surface area contributed by atoms with Crippen LogP contribution in [0, 0.1) is 37.1 Å². The SMILES string of the molecule is CC(=O)N(c1nc(COc2c(F)c(F)cc(F)c2F)cs1)c1ccc(C)cc1C. The van der Waals surface area contributed by atoms with Crippen molar-refractivity contribution in [2.75, 3.05) is 4.90 Å². The highest BCUT2D eigenvalue weighted by atomic mass is 32.1. The standard InChI is InChI=1S/C20H16F4N2O2S/c1-10-4-5-16(11(2)6-10)26(12(3)27)20-25-13(9-29-20)8-28-19-17(23)14(21)7-15(22)18(19)24/h4-7,9H,8H2,1-3H3. The van der Waals surface area contributed by atoms with Gasteiger partial charge in [-0.1, -0.05) is 17.7 Å². The van der Waals surface area contributed by atoms with Gasteiger partial charge >= 0.3 is 0 Å². The third-order valence-corrected chi connectivity index (χ3v) is 4.95. The lowest BCUT2D eigenvalue weighted by atomic mass is 10.1. The van der Waals surface area contributed by atoms with E-state index in [1.54, 1.807) is 6.07 Å². The Hall–Kier alpha value is -2.94. The first-order valence-electron chi connectivity index (χ1n) is 8.47. The second-order valence-electron chi connectivity index (χ2n) is 6.35. The fraction of sp³-hybridized carbons (Fsp3) is 0.200. The van der Waals surface area contributed by atoms with Crippen molar-refractivity contribution in [2.24, 2.45) is 0 Å². The highest BCUT2D eigenvalue weighted by molar-refractivity contribution is 7.14. The second kappa shape index (κ2) is 8.20. The van der Waals surface area contributed by atoms with E-state index in [-0.39, 0.29) is 17.7 Å². The Morgan fingerprint density at radius 1 is 1.10 bits per heavy atom. The van der Waals surface area contributed by atoms with Crippen LogP contribution in [0.2, 0.25) is 0 Å². The summed E-state index contributed by atoms with van der Waals surface area (Å²) >= 11 is 1.12. The predicted octanol–water partition coefficient (Wildman–Crippen LogP) is 5.58. The molecular formula is C20H16F4N2O2S. The molecule has 0 N–H and O–H groups in total. The van der Waals surface area contributed by atoms with Crippen LogP contribution in [0.4, 0.5) is 28.4 Å². The largest absolute Gasteiger partial charge is 0.481 e. The Balaban J connectivity index is 1.86. The highest BCUT2D eigenvalue weighted by Crippen LogP contribution is 2.32. The number of amides is 1. The second-order valence-corrected chi connectivity index (χ2v) is 7.19. The van der Waals surface area contributed by atoms with Gasteiger partial charge in [-0.15, -0.1) is 11.3 Å². The molecule has 152 valence electrons. The van der Waals surface area contributed by atoms with Gasteiger partial charge in [0.2, 0.25) is 17.5 Å². The van der Waals surface area contributed by atoms with Gasteiger partial charge < -0.3 is 4.74 Å². The molecule has 0 saturated carbocycles. The zero-order valence-corrected chi connectivity index (χ0v) is 16.5. The number of hydrogen-bond acceptors (Lipinski definition) is 4. The Labute approximate surface area is 168 Å². The van der Waals surface area contributed by atoms with Crippen molar-refractivity contribution in [3.63, 3.8) is 0 Å². The van der Waals surface area contributed by atoms with Crippen molar-refractivity contribution in [3.05, 3.63) is 69.7 Å². The lowest BCUT2D eigenvalue weighted by molar-refractivity contribution is -0.115. The molecule has 0 bridgehead atoms. The van der Waals surface area contributed by atoms with E-state index in [0.717, 1.165) is 22.5 Å². The van der Waals surface area contributed by atoms with Gasteiger partial charge in [0.25, 0.3) is 0 Å². The van der Waals surface area contributed by atoms with Crippen molar-refractivity contribution < 1.29 is 27.1 Å². The van der Waals surface area contributed by atoms with E-state index in [0.29, 0.717) is 10.8 Å². The molecule has 0 aliphatic rings. The van der Waals surface area contributed by atoms with Gasteiger partial charge in [-0.25, -0.2) is 13.8 Å². The van der Waals surface area contributed by atoms with Crippen molar-refractivity contribution in [1.82, 2.24) is 4.98 Å². The number of carbonyl (C=O) groups is 1. The van der Waals surface area contributed by atoms with Gasteiger partial charge in [-0.2, -0.15) is 8.78 Å². The van der Waals surface area contributed by atoms with Crippen LogP contribution in [-0.4, -0.2) is 10.9 Å². The van der Waals surface area contributed by atoms with E-state index in [4.69, 9.17) is 4.74 Å². The topological polar surface area (TPSA) is 42.4 Å². The third kappa shape index (κ3) is 4.24. The van der Waals surface area contributed by atoms with Crippen LogP contribution in [0.3, 0.4) is 0 Å². The van der Waals surface area contributed by atoms with E-state index in [2.05, 4.69) is 4.98 Å². The summed E-state index contributed by atoms with van der Waals surface area (Å²) in [6.07, 6.45) is 0. The Morgan fingerprint density at radius 3 is 2.34 bits per heavy atom. The number of aromatic nitrogens is 1. The summed E-state index contributed by atoms with van der Waals surface area (Å²) in [6.45, 7) is 4.74. The maximum atomic E-state index is 13.7. The van der Waals surface area contributed by atoms with Gasteiger partial charge in [0.15, 0.2) is 22.5 Å². The molecule has 1 heterocycles. The fourth-order valence-electron chi connectivity index (χ4n) is 2.75. The quantitative estimate of drug-likeness (QED) is 0.397. The third-order valence-electron chi connectivity index (χ3n) is 4.07. The molecular weight excluding hydrogens is 408 g/mol. The van der Waals surface area contributed by atoms with Crippen LogP contribution in [0.1, 0.15) is 23.7 Å². The molecule has 0 aliphatic heterocycles. The summed E-state index contributed by atoms with van der Waals surface area (Å²) in [6, 6.07) is 5.68. The summed E-state index contributed by atoms with van der Waals surface area (Å²) < 4.78 is 58.9. The van der Waals surface area contributed by atoms with Gasteiger partial charge in [-0.3, -0.25) is 9.69 Å². The first-order chi connectivity index (χ1) is 13.7. The number of benzene rings is 2. The minimum atomic E-state index is -1.63. The monoisotopic (exact) mass is 424 g/mol. The van der Waals surface area contributed by atoms with Crippen LogP contribution in [0.5, 0.6) is 5.75 Å². The molecule has 9 heteroatoms. The lowest BCUT2D eigenvalue weighted by Crippen LogP contribution is -2.23. The number of aryl methyl sites for hydroxylation is 2. The molecule has 0 unspecified atom stereocenters. The zero-order chi connectivity index (χ0) is 21.3. The van der Waals surface area contributed by atoms with Crippen molar-refractivity contribution in [1.29, 1.82) is 0 Å². The summed E-state index contributed by atoms with van der Waals surface area (Å²) in [7, 11) is 0. The van der Waals surface area contributed by atoms with E-state index >= 15 is 0 Å². The van der Waals surface area contributed by atoms with E-state index in [9.17, 15) is 22.4 Å². The average Bonchev–Trinajstić information content (AvgIpc) is 3.10. The van der Waals surface area contributed by atoms with Gasteiger partial charge in [0.1, 0.15) is 6.61 Å². The number of hydrogen-bond donors (Lipinski definition) is 0. The van der Waals surface area contributed by atoms with Gasteiger partial charge in [0, 0.05) is 18.4 Å². The fourth-order valence-corrected chi connectivity index (χ4v) is 3.62. The predicted molar refractivity (Wildman–Crippen MR) is 101 cm³/mol. The minimum Gasteiger partial charge on any atom is -0.481 e. The molecule has 4 nitrogen and oxygen atoms in total.